The third-order valence-corrected chi connectivity index (χ3v) is 10.3. The molecule has 0 aliphatic heterocycles. The van der Waals surface area contributed by atoms with Gasteiger partial charge in [-0.05, 0) is 23.5 Å². The van der Waals surface area contributed by atoms with E-state index in [-0.39, 0.29) is 0 Å². The Morgan fingerprint density at radius 3 is 2.00 bits per heavy atom. The summed E-state index contributed by atoms with van der Waals surface area (Å²) in [5.74, 6) is 0. The molecule has 0 spiro atoms. The van der Waals surface area contributed by atoms with Crippen molar-refractivity contribution in [1.29, 1.82) is 0 Å². The van der Waals surface area contributed by atoms with Crippen LogP contribution >= 0.6 is 0 Å². The van der Waals surface area contributed by atoms with Crippen LogP contribution in [-0.2, 0) is 4.43 Å². The van der Waals surface area contributed by atoms with Crippen molar-refractivity contribution in [1.82, 2.24) is 0 Å². The SMILES string of the molecule is CCCCC(C)[Si](CC)(OCC)C(C)(C)C. The van der Waals surface area contributed by atoms with Crippen LogP contribution < -0.4 is 0 Å². The summed E-state index contributed by atoms with van der Waals surface area (Å²) < 4.78 is 6.34. The van der Waals surface area contributed by atoms with Gasteiger partial charge in [-0.15, -0.1) is 0 Å². The molecular weight excluding hydrogens is 212 g/mol. The largest absolute Gasteiger partial charge is 0.416 e. The van der Waals surface area contributed by atoms with Gasteiger partial charge in [0.1, 0.15) is 0 Å². The Labute approximate surface area is 104 Å². The van der Waals surface area contributed by atoms with Crippen LogP contribution in [0.1, 0.15) is 67.7 Å². The van der Waals surface area contributed by atoms with E-state index in [4.69, 9.17) is 4.43 Å². The molecule has 0 aliphatic carbocycles. The van der Waals surface area contributed by atoms with Crippen LogP contribution in [0.4, 0.5) is 0 Å². The molecule has 0 heterocycles. The lowest BCUT2D eigenvalue weighted by Crippen LogP contribution is -2.50. The summed E-state index contributed by atoms with van der Waals surface area (Å²) in [6, 6.07) is 1.25. The average molecular weight is 244 g/mol. The molecule has 0 aromatic heterocycles. The number of unbranched alkanes of at least 4 members (excludes halogenated alkanes) is 1. The molecule has 0 saturated carbocycles. The van der Waals surface area contributed by atoms with Crippen molar-refractivity contribution in [3.63, 3.8) is 0 Å². The molecule has 2 atom stereocenters. The fraction of sp³-hybridized carbons (Fsp3) is 1.00. The first kappa shape index (κ1) is 16.2. The lowest BCUT2D eigenvalue weighted by atomic mass is 10.2. The highest BCUT2D eigenvalue weighted by molar-refractivity contribution is 6.77. The van der Waals surface area contributed by atoms with Crippen LogP contribution in [0.5, 0.6) is 0 Å². The lowest BCUT2D eigenvalue weighted by molar-refractivity contribution is 0.284. The fourth-order valence-corrected chi connectivity index (χ4v) is 8.42. The highest BCUT2D eigenvalue weighted by atomic mass is 28.4. The van der Waals surface area contributed by atoms with Crippen LogP contribution in [0.15, 0.2) is 0 Å². The fourth-order valence-electron chi connectivity index (χ4n) is 3.08. The van der Waals surface area contributed by atoms with Gasteiger partial charge in [0.2, 0.25) is 8.32 Å². The molecule has 0 radical (unpaired) electrons. The van der Waals surface area contributed by atoms with Gasteiger partial charge in [-0.3, -0.25) is 0 Å². The van der Waals surface area contributed by atoms with Crippen LogP contribution in [0.25, 0.3) is 0 Å². The zero-order valence-corrected chi connectivity index (χ0v) is 13.5. The minimum atomic E-state index is -1.61. The number of rotatable bonds is 7. The molecule has 98 valence electrons. The lowest BCUT2D eigenvalue weighted by Gasteiger charge is -2.46. The average Bonchev–Trinajstić information content (AvgIpc) is 2.20. The van der Waals surface area contributed by atoms with Crippen LogP contribution in [-0.4, -0.2) is 14.9 Å². The normalized spacial score (nSPS) is 18.2. The molecule has 1 nitrogen and oxygen atoms in total. The van der Waals surface area contributed by atoms with Crippen molar-refractivity contribution >= 4 is 8.32 Å². The second-order valence-corrected chi connectivity index (χ2v) is 11.2. The number of hydrogen-bond donors (Lipinski definition) is 0. The van der Waals surface area contributed by atoms with Crippen molar-refractivity contribution in [2.75, 3.05) is 6.61 Å². The summed E-state index contributed by atoms with van der Waals surface area (Å²) in [5.41, 5.74) is 0.775. The Morgan fingerprint density at radius 2 is 1.69 bits per heavy atom. The van der Waals surface area contributed by atoms with E-state index in [1.807, 2.05) is 0 Å². The van der Waals surface area contributed by atoms with Crippen LogP contribution in [0.3, 0.4) is 0 Å². The van der Waals surface area contributed by atoms with E-state index < -0.39 is 8.32 Å². The van der Waals surface area contributed by atoms with E-state index in [1.165, 1.54) is 25.3 Å². The smallest absolute Gasteiger partial charge is 0.200 e. The summed E-state index contributed by atoms with van der Waals surface area (Å²) in [6.45, 7) is 17.2. The molecular formula is C14H32OSi. The maximum Gasteiger partial charge on any atom is 0.200 e. The topological polar surface area (TPSA) is 9.23 Å². The van der Waals surface area contributed by atoms with Gasteiger partial charge in [-0.2, -0.15) is 0 Å². The van der Waals surface area contributed by atoms with Crippen LogP contribution in [0.2, 0.25) is 16.6 Å². The van der Waals surface area contributed by atoms with Gasteiger partial charge in [-0.25, -0.2) is 0 Å². The maximum atomic E-state index is 6.34. The molecule has 0 aliphatic rings. The van der Waals surface area contributed by atoms with Crippen molar-refractivity contribution < 1.29 is 4.43 Å². The van der Waals surface area contributed by atoms with Gasteiger partial charge in [0.15, 0.2) is 0 Å². The Hall–Kier alpha value is 0.177. The van der Waals surface area contributed by atoms with Crippen molar-refractivity contribution in [2.45, 2.75) is 84.4 Å². The van der Waals surface area contributed by atoms with Gasteiger partial charge >= 0.3 is 0 Å². The molecule has 0 bridgehead atoms. The molecule has 0 saturated heterocycles. The summed E-state index contributed by atoms with van der Waals surface area (Å²) in [5, 5.41) is 0.352. The van der Waals surface area contributed by atoms with Crippen molar-refractivity contribution in [3.8, 4) is 0 Å². The van der Waals surface area contributed by atoms with Gasteiger partial charge in [0.25, 0.3) is 0 Å². The third kappa shape index (κ3) is 3.59. The van der Waals surface area contributed by atoms with Crippen molar-refractivity contribution in [2.24, 2.45) is 0 Å². The van der Waals surface area contributed by atoms with Gasteiger partial charge in [0.05, 0.1) is 0 Å². The summed E-state index contributed by atoms with van der Waals surface area (Å²) in [6.07, 6.45) is 3.99. The molecule has 2 unspecified atom stereocenters. The molecule has 0 aromatic carbocycles. The molecule has 16 heavy (non-hydrogen) atoms. The molecule has 0 amide bonds. The molecule has 2 heteroatoms. The van der Waals surface area contributed by atoms with E-state index in [0.29, 0.717) is 5.04 Å². The first-order valence-electron chi connectivity index (χ1n) is 6.99. The third-order valence-electron chi connectivity index (χ3n) is 3.98. The van der Waals surface area contributed by atoms with Gasteiger partial charge in [0, 0.05) is 6.61 Å². The molecule has 0 aromatic rings. The Kier molecular flexibility index (Phi) is 6.88. The second kappa shape index (κ2) is 6.80. The van der Waals surface area contributed by atoms with E-state index in [9.17, 15) is 0 Å². The van der Waals surface area contributed by atoms with Gasteiger partial charge < -0.3 is 4.43 Å². The van der Waals surface area contributed by atoms with E-state index in [1.54, 1.807) is 0 Å². The maximum absolute atomic E-state index is 6.34. The Morgan fingerprint density at radius 1 is 1.12 bits per heavy atom. The highest BCUT2D eigenvalue weighted by Gasteiger charge is 2.48. The summed E-state index contributed by atoms with van der Waals surface area (Å²) in [4.78, 5) is 0. The van der Waals surface area contributed by atoms with E-state index >= 15 is 0 Å². The molecule has 0 fully saturated rings. The number of hydrogen-bond acceptors (Lipinski definition) is 1. The first-order valence-corrected chi connectivity index (χ1v) is 9.18. The van der Waals surface area contributed by atoms with E-state index in [2.05, 4.69) is 48.5 Å². The summed E-state index contributed by atoms with van der Waals surface area (Å²) in [7, 11) is -1.61. The van der Waals surface area contributed by atoms with E-state index in [0.717, 1.165) is 12.1 Å². The predicted molar refractivity (Wildman–Crippen MR) is 76.5 cm³/mol. The Balaban J connectivity index is 4.88. The minimum Gasteiger partial charge on any atom is -0.416 e. The summed E-state index contributed by atoms with van der Waals surface area (Å²) >= 11 is 0. The minimum absolute atomic E-state index is 0.352. The standard InChI is InChI=1S/C14H32OSi/c1-8-11-12-13(4)16(10-3,15-9-2)14(5,6)7/h13H,8-12H2,1-7H3. The van der Waals surface area contributed by atoms with Gasteiger partial charge in [-0.1, -0.05) is 60.8 Å². The van der Waals surface area contributed by atoms with Crippen LogP contribution in [0, 0.1) is 0 Å². The quantitative estimate of drug-likeness (QED) is 0.547. The first-order chi connectivity index (χ1) is 7.35. The molecule has 0 rings (SSSR count). The second-order valence-electron chi connectivity index (χ2n) is 5.97. The van der Waals surface area contributed by atoms with Crippen molar-refractivity contribution in [3.05, 3.63) is 0 Å². The predicted octanol–water partition coefficient (Wildman–Crippen LogP) is 5.37. The highest BCUT2D eigenvalue weighted by Crippen LogP contribution is 2.48. The zero-order valence-electron chi connectivity index (χ0n) is 12.5. The Bertz CT molecular complexity index is 186. The molecule has 0 N–H and O–H groups in total. The monoisotopic (exact) mass is 244 g/mol. The zero-order chi connectivity index (χ0) is 12.8.